The van der Waals surface area contributed by atoms with Crippen molar-refractivity contribution in [2.75, 3.05) is 13.1 Å². The summed E-state index contributed by atoms with van der Waals surface area (Å²) in [5.41, 5.74) is 2.78. The van der Waals surface area contributed by atoms with Gasteiger partial charge in [-0.15, -0.1) is 0 Å². The van der Waals surface area contributed by atoms with Crippen LogP contribution in [0.1, 0.15) is 60.0 Å². The number of benzene rings is 1. The van der Waals surface area contributed by atoms with Gasteiger partial charge < -0.3 is 15.5 Å². The first kappa shape index (κ1) is 19.1. The lowest BCUT2D eigenvalue weighted by atomic mass is 10.0. The Kier molecular flexibility index (Phi) is 5.73. The normalized spacial score (nSPS) is 25.4. The number of rotatable bonds is 5. The van der Waals surface area contributed by atoms with Crippen LogP contribution in [0, 0.1) is 0 Å². The van der Waals surface area contributed by atoms with Crippen molar-refractivity contribution in [3.8, 4) is 0 Å². The highest BCUT2D eigenvalue weighted by Gasteiger charge is 2.39. The number of amides is 3. The Morgan fingerprint density at radius 3 is 2.86 bits per heavy atom. The molecular formula is C21H28N4O3. The Morgan fingerprint density at radius 2 is 2.00 bits per heavy atom. The molecule has 0 bridgehead atoms. The van der Waals surface area contributed by atoms with Crippen LogP contribution in [-0.4, -0.2) is 47.8 Å². The van der Waals surface area contributed by atoms with Crippen LogP contribution in [-0.2, 0) is 22.7 Å². The topological polar surface area (TPSA) is 90.5 Å². The zero-order valence-electron chi connectivity index (χ0n) is 16.1. The zero-order valence-corrected chi connectivity index (χ0v) is 16.1. The van der Waals surface area contributed by atoms with E-state index in [4.69, 9.17) is 0 Å². The van der Waals surface area contributed by atoms with Gasteiger partial charge in [-0.2, -0.15) is 0 Å². The minimum atomic E-state index is -0.561. The Balaban J connectivity index is 1.41. The fourth-order valence-corrected chi connectivity index (χ4v) is 4.47. The van der Waals surface area contributed by atoms with E-state index < -0.39 is 6.04 Å². The van der Waals surface area contributed by atoms with Crippen LogP contribution in [0.25, 0.3) is 0 Å². The molecule has 0 radical (unpaired) electrons. The fourth-order valence-electron chi connectivity index (χ4n) is 4.47. The van der Waals surface area contributed by atoms with Crippen molar-refractivity contribution in [2.24, 2.45) is 0 Å². The summed E-state index contributed by atoms with van der Waals surface area (Å²) in [5.74, 6) is -0.740. The third-order valence-electron chi connectivity index (χ3n) is 6.05. The second-order valence-electron chi connectivity index (χ2n) is 7.97. The summed E-state index contributed by atoms with van der Waals surface area (Å²) in [7, 11) is 0. The lowest BCUT2D eigenvalue weighted by molar-refractivity contribution is -0.136. The Morgan fingerprint density at radius 1 is 1.11 bits per heavy atom. The molecule has 2 saturated heterocycles. The van der Waals surface area contributed by atoms with E-state index in [-0.39, 0.29) is 24.1 Å². The molecule has 7 heteroatoms. The summed E-state index contributed by atoms with van der Waals surface area (Å²) in [5, 5.41) is 9.48. The Hall–Kier alpha value is -2.25. The molecule has 0 aliphatic carbocycles. The number of fused-ring (bicyclic) bond motifs is 1. The molecule has 3 amide bonds. The largest absolute Gasteiger partial charge is 0.322 e. The van der Waals surface area contributed by atoms with Gasteiger partial charge in [0.2, 0.25) is 11.8 Å². The maximum absolute atomic E-state index is 12.9. The first-order valence-corrected chi connectivity index (χ1v) is 10.3. The van der Waals surface area contributed by atoms with E-state index in [0.29, 0.717) is 31.1 Å². The highest BCUT2D eigenvalue weighted by atomic mass is 16.2. The van der Waals surface area contributed by atoms with E-state index in [1.165, 1.54) is 25.7 Å². The van der Waals surface area contributed by atoms with Crippen LogP contribution in [0.4, 0.5) is 0 Å². The van der Waals surface area contributed by atoms with Gasteiger partial charge in [-0.3, -0.25) is 19.7 Å². The van der Waals surface area contributed by atoms with E-state index in [0.717, 1.165) is 24.2 Å². The molecule has 3 aliphatic heterocycles. The molecule has 0 spiro atoms. The number of hydrogen-bond donors (Lipinski definition) is 3. The number of imide groups is 1. The minimum absolute atomic E-state index is 0.114. The van der Waals surface area contributed by atoms with Crippen LogP contribution in [0.15, 0.2) is 18.2 Å². The fraction of sp³-hybridized carbons (Fsp3) is 0.571. The summed E-state index contributed by atoms with van der Waals surface area (Å²) >= 11 is 0. The van der Waals surface area contributed by atoms with E-state index in [2.05, 4.69) is 16.0 Å². The highest BCUT2D eigenvalue weighted by Crippen LogP contribution is 2.29. The molecule has 3 aliphatic rings. The Labute approximate surface area is 165 Å². The van der Waals surface area contributed by atoms with Gasteiger partial charge in [-0.1, -0.05) is 25.0 Å². The summed E-state index contributed by atoms with van der Waals surface area (Å²) in [6.45, 7) is 3.13. The van der Waals surface area contributed by atoms with Crippen LogP contribution >= 0.6 is 0 Å². The highest BCUT2D eigenvalue weighted by molar-refractivity contribution is 6.05. The third-order valence-corrected chi connectivity index (χ3v) is 6.05. The third kappa shape index (κ3) is 3.95. The molecule has 3 N–H and O–H groups in total. The quantitative estimate of drug-likeness (QED) is 0.661. The van der Waals surface area contributed by atoms with Gasteiger partial charge in [-0.05, 0) is 43.0 Å². The first-order valence-electron chi connectivity index (χ1n) is 10.3. The second kappa shape index (κ2) is 8.41. The van der Waals surface area contributed by atoms with Gasteiger partial charge in [0.05, 0.1) is 0 Å². The molecule has 3 heterocycles. The number of nitrogens with zero attached hydrogens (tertiary/aromatic N) is 1. The molecule has 1 aromatic carbocycles. The molecule has 1 aromatic rings. The lowest BCUT2D eigenvalue weighted by Gasteiger charge is -2.29. The van der Waals surface area contributed by atoms with Crippen molar-refractivity contribution >= 4 is 17.7 Å². The van der Waals surface area contributed by atoms with E-state index >= 15 is 0 Å². The average molecular weight is 384 g/mol. The summed E-state index contributed by atoms with van der Waals surface area (Å²) in [4.78, 5) is 38.1. The van der Waals surface area contributed by atoms with Gasteiger partial charge in [0.1, 0.15) is 6.04 Å². The van der Waals surface area contributed by atoms with Gasteiger partial charge >= 0.3 is 0 Å². The van der Waals surface area contributed by atoms with Gasteiger partial charge in [-0.25, -0.2) is 0 Å². The zero-order chi connectivity index (χ0) is 19.5. The number of carbonyl (C=O) groups is 3. The van der Waals surface area contributed by atoms with Crippen molar-refractivity contribution in [1.82, 2.24) is 20.9 Å². The van der Waals surface area contributed by atoms with Crippen molar-refractivity contribution in [1.29, 1.82) is 0 Å². The molecule has 7 nitrogen and oxygen atoms in total. The summed E-state index contributed by atoms with van der Waals surface area (Å²) in [6.07, 6.45) is 5.69. The van der Waals surface area contributed by atoms with Crippen molar-refractivity contribution in [3.05, 3.63) is 34.9 Å². The molecule has 2 fully saturated rings. The molecule has 0 aromatic heterocycles. The Bertz CT molecular complexity index is 771. The van der Waals surface area contributed by atoms with E-state index in [1.807, 2.05) is 18.2 Å². The van der Waals surface area contributed by atoms with Crippen molar-refractivity contribution < 1.29 is 14.4 Å². The maximum atomic E-state index is 12.9. The standard InChI is InChI=1S/C21H28N4O3/c26-19-9-8-18(20(27)24-19)25-13-17-14(5-4-7-16(17)21(25)28)11-22-12-15-6-2-1-3-10-23-15/h4-5,7,15,18,22-23H,1-3,6,8-13H2,(H,24,26,27). The van der Waals surface area contributed by atoms with Gasteiger partial charge in [0, 0.05) is 37.7 Å². The number of piperidine rings is 1. The van der Waals surface area contributed by atoms with Crippen LogP contribution < -0.4 is 16.0 Å². The summed E-state index contributed by atoms with van der Waals surface area (Å²) < 4.78 is 0. The summed E-state index contributed by atoms with van der Waals surface area (Å²) in [6, 6.07) is 5.73. The van der Waals surface area contributed by atoms with Gasteiger partial charge in [0.15, 0.2) is 0 Å². The van der Waals surface area contributed by atoms with Crippen LogP contribution in [0.2, 0.25) is 0 Å². The number of hydrogen-bond acceptors (Lipinski definition) is 5. The van der Waals surface area contributed by atoms with Gasteiger partial charge in [0.25, 0.3) is 5.91 Å². The maximum Gasteiger partial charge on any atom is 0.255 e. The van der Waals surface area contributed by atoms with Crippen LogP contribution in [0.5, 0.6) is 0 Å². The predicted molar refractivity (Wildman–Crippen MR) is 104 cm³/mol. The van der Waals surface area contributed by atoms with Crippen molar-refractivity contribution in [3.63, 3.8) is 0 Å². The molecule has 2 atom stereocenters. The average Bonchev–Trinajstić information content (AvgIpc) is 2.85. The van der Waals surface area contributed by atoms with Crippen LogP contribution in [0.3, 0.4) is 0 Å². The molecular weight excluding hydrogens is 356 g/mol. The SMILES string of the molecule is O=C1CCC(N2Cc3c(CNCC4CCCCCN4)cccc3C2=O)C(=O)N1. The number of nitrogens with one attached hydrogen (secondary N) is 3. The number of carbonyl (C=O) groups excluding carboxylic acids is 3. The molecule has 2 unspecified atom stereocenters. The second-order valence-corrected chi connectivity index (χ2v) is 7.97. The lowest BCUT2D eigenvalue weighted by Crippen LogP contribution is -2.52. The van der Waals surface area contributed by atoms with E-state index in [9.17, 15) is 14.4 Å². The van der Waals surface area contributed by atoms with Crippen molar-refractivity contribution in [2.45, 2.75) is 63.7 Å². The molecule has 4 rings (SSSR count). The monoisotopic (exact) mass is 384 g/mol. The predicted octanol–water partition coefficient (Wildman–Crippen LogP) is 1.07. The first-order chi connectivity index (χ1) is 13.6. The smallest absolute Gasteiger partial charge is 0.255 e. The molecule has 0 saturated carbocycles. The molecule has 28 heavy (non-hydrogen) atoms. The van der Waals surface area contributed by atoms with E-state index in [1.54, 1.807) is 4.90 Å². The molecule has 150 valence electrons. The minimum Gasteiger partial charge on any atom is -0.322 e.